The van der Waals surface area contributed by atoms with Crippen LogP contribution in [0.2, 0.25) is 10.0 Å². The molecule has 3 saturated carbocycles. The lowest BCUT2D eigenvalue weighted by atomic mass is 9.91. The van der Waals surface area contributed by atoms with Crippen LogP contribution in [0.4, 0.5) is 8.78 Å². The van der Waals surface area contributed by atoms with Gasteiger partial charge in [-0.05, 0) is 105 Å². The highest BCUT2D eigenvalue weighted by atomic mass is 35.5. The van der Waals surface area contributed by atoms with Gasteiger partial charge in [-0.25, -0.2) is 4.79 Å². The van der Waals surface area contributed by atoms with E-state index in [2.05, 4.69) is 10.3 Å². The number of halogens is 4. The summed E-state index contributed by atoms with van der Waals surface area (Å²) in [6, 6.07) is 9.17. The first-order valence-corrected chi connectivity index (χ1v) is 17.4. The standard InChI is InChI=1S/C36H39Cl2F2N3O6/c37-28-16-42-17-29(38)27(28)15-31(22-6-12-30(49-36(39)40)33(13-22)47-19-21-3-4-21)48-35(45)23-5-11-26(32(14-23)46-18-20-1-2-20)34(44)43-25-9-7-24(41)8-10-25/h5-6,11-14,16-17,20-21,24-25,31,36H,1-4,7-10,15,18-19,41H2,(H,43,44)/t24?,25?,31-/m0/s1. The maximum absolute atomic E-state index is 13.8. The zero-order valence-corrected chi connectivity index (χ0v) is 28.4. The number of hydrogen-bond acceptors (Lipinski definition) is 8. The zero-order chi connectivity index (χ0) is 34.5. The summed E-state index contributed by atoms with van der Waals surface area (Å²) in [7, 11) is 0. The van der Waals surface area contributed by atoms with Crippen molar-refractivity contribution in [3.8, 4) is 17.2 Å². The maximum Gasteiger partial charge on any atom is 0.387 e. The topological polar surface area (TPSA) is 122 Å². The molecule has 9 nitrogen and oxygen atoms in total. The van der Waals surface area contributed by atoms with Crippen LogP contribution in [0.15, 0.2) is 48.8 Å². The highest BCUT2D eigenvalue weighted by Gasteiger charge is 2.29. The van der Waals surface area contributed by atoms with Crippen molar-refractivity contribution in [2.45, 2.75) is 82.6 Å². The molecule has 0 bridgehead atoms. The number of aromatic nitrogens is 1. The third kappa shape index (κ3) is 9.73. The number of alkyl halides is 2. The fraction of sp³-hybridized carbons (Fsp3) is 0.472. The van der Waals surface area contributed by atoms with Crippen molar-refractivity contribution < 1.29 is 37.3 Å². The van der Waals surface area contributed by atoms with E-state index in [1.807, 2.05) is 0 Å². The number of nitrogens with zero attached hydrogens (tertiary/aromatic N) is 1. The SMILES string of the molecule is NC1CCC(NC(=O)c2ccc(C(=O)O[C@@H](Cc3c(Cl)cncc3Cl)c3ccc(OC(F)F)c(OCC4CC4)c3)cc2OCC2CC2)CC1. The number of rotatable bonds is 15. The summed E-state index contributed by atoms with van der Waals surface area (Å²) >= 11 is 12.9. The van der Waals surface area contributed by atoms with Crippen LogP contribution in [0.3, 0.4) is 0 Å². The molecule has 0 spiro atoms. The van der Waals surface area contributed by atoms with Gasteiger partial charge >= 0.3 is 12.6 Å². The second-order valence-corrected chi connectivity index (χ2v) is 13.9. The highest BCUT2D eigenvalue weighted by molar-refractivity contribution is 6.35. The Morgan fingerprint density at radius 3 is 2.14 bits per heavy atom. The Hall–Kier alpha value is -3.67. The first-order valence-electron chi connectivity index (χ1n) is 16.7. The Morgan fingerprint density at radius 2 is 1.51 bits per heavy atom. The number of pyridine rings is 1. The van der Waals surface area contributed by atoms with Crippen molar-refractivity contribution in [1.29, 1.82) is 0 Å². The van der Waals surface area contributed by atoms with Crippen LogP contribution in [0.1, 0.15) is 89.3 Å². The molecule has 3 aliphatic carbocycles. The van der Waals surface area contributed by atoms with Gasteiger partial charge in [-0.2, -0.15) is 8.78 Å². The lowest BCUT2D eigenvalue weighted by Crippen LogP contribution is -2.40. The fourth-order valence-corrected chi connectivity index (χ4v) is 6.26. The van der Waals surface area contributed by atoms with Crippen LogP contribution in [0, 0.1) is 11.8 Å². The number of hydrogen-bond donors (Lipinski definition) is 2. The number of carbonyl (C=O) groups is 2. The second-order valence-electron chi connectivity index (χ2n) is 13.1. The van der Waals surface area contributed by atoms with Crippen LogP contribution in [-0.2, 0) is 11.2 Å². The van der Waals surface area contributed by atoms with Crippen molar-refractivity contribution in [3.63, 3.8) is 0 Å². The Bertz CT molecular complexity index is 1630. The zero-order valence-electron chi connectivity index (χ0n) is 26.8. The average Bonchev–Trinajstić information content (AvgIpc) is 4.01. The van der Waals surface area contributed by atoms with Crippen LogP contribution in [-0.4, -0.2) is 48.8 Å². The van der Waals surface area contributed by atoms with E-state index < -0.39 is 18.7 Å². The molecule has 1 atom stereocenters. The van der Waals surface area contributed by atoms with Gasteiger partial charge in [0.25, 0.3) is 5.91 Å². The van der Waals surface area contributed by atoms with E-state index in [4.69, 9.17) is 47.9 Å². The Morgan fingerprint density at radius 1 is 0.857 bits per heavy atom. The third-order valence-corrected chi connectivity index (χ3v) is 9.71. The molecule has 0 unspecified atom stereocenters. The minimum Gasteiger partial charge on any atom is -0.492 e. The number of ether oxygens (including phenoxy) is 4. The van der Waals surface area contributed by atoms with Crippen LogP contribution in [0.5, 0.6) is 17.2 Å². The maximum atomic E-state index is 13.8. The van der Waals surface area contributed by atoms with Gasteiger partial charge in [-0.3, -0.25) is 9.78 Å². The molecular formula is C36H39Cl2F2N3O6. The summed E-state index contributed by atoms with van der Waals surface area (Å²) in [5, 5.41) is 3.62. The van der Waals surface area contributed by atoms with E-state index in [-0.39, 0.29) is 57.3 Å². The van der Waals surface area contributed by atoms with Crippen molar-refractivity contribution >= 4 is 35.1 Å². The molecule has 1 heterocycles. The number of nitrogens with two attached hydrogens (primary N) is 1. The lowest BCUT2D eigenvalue weighted by Gasteiger charge is -2.27. The van der Waals surface area contributed by atoms with Crippen LogP contribution in [0.25, 0.3) is 0 Å². The minimum atomic E-state index is -3.06. The van der Waals surface area contributed by atoms with Gasteiger partial charge in [0.1, 0.15) is 11.9 Å². The first-order chi connectivity index (χ1) is 23.6. The Labute approximate surface area is 293 Å². The molecule has 13 heteroatoms. The predicted octanol–water partition coefficient (Wildman–Crippen LogP) is 7.71. The lowest BCUT2D eigenvalue weighted by molar-refractivity contribution is -0.0515. The van der Waals surface area contributed by atoms with Crippen molar-refractivity contribution in [2.24, 2.45) is 17.6 Å². The van der Waals surface area contributed by atoms with Gasteiger partial charge < -0.3 is 30.0 Å². The van der Waals surface area contributed by atoms with Crippen molar-refractivity contribution in [1.82, 2.24) is 10.3 Å². The van der Waals surface area contributed by atoms with Gasteiger partial charge in [0.05, 0.1) is 34.4 Å². The fourth-order valence-electron chi connectivity index (χ4n) is 5.74. The molecule has 0 saturated heterocycles. The summed E-state index contributed by atoms with van der Waals surface area (Å²) in [6.45, 7) is -2.29. The number of benzene rings is 2. The normalized spacial score (nSPS) is 19.6. The van der Waals surface area contributed by atoms with Crippen LogP contribution < -0.4 is 25.3 Å². The third-order valence-electron chi connectivity index (χ3n) is 9.06. The summed E-state index contributed by atoms with van der Waals surface area (Å²) in [6.07, 6.45) is 9.27. The highest BCUT2D eigenvalue weighted by Crippen LogP contribution is 2.38. The molecule has 2 aromatic carbocycles. The quantitative estimate of drug-likeness (QED) is 0.153. The van der Waals surface area contributed by atoms with Gasteiger partial charge in [0, 0.05) is 30.9 Å². The molecule has 3 aliphatic rings. The molecule has 0 radical (unpaired) electrons. The Kier molecular flexibility index (Phi) is 11.4. The first kappa shape index (κ1) is 35.2. The molecule has 3 aromatic rings. The second kappa shape index (κ2) is 15.9. The monoisotopic (exact) mass is 717 g/mol. The van der Waals surface area contributed by atoms with E-state index in [0.29, 0.717) is 41.7 Å². The van der Waals surface area contributed by atoms with Crippen molar-refractivity contribution in [3.05, 3.63) is 81.1 Å². The largest absolute Gasteiger partial charge is 0.492 e. The molecule has 6 rings (SSSR count). The minimum absolute atomic E-state index is 0.0106. The molecule has 0 aliphatic heterocycles. The van der Waals surface area contributed by atoms with Crippen molar-refractivity contribution in [2.75, 3.05) is 13.2 Å². The van der Waals surface area contributed by atoms with Crippen LogP contribution >= 0.6 is 23.2 Å². The molecule has 1 aromatic heterocycles. The molecule has 3 N–H and O–H groups in total. The molecule has 3 fully saturated rings. The number of nitrogens with one attached hydrogen (secondary N) is 1. The number of amides is 1. The van der Waals surface area contributed by atoms with Gasteiger partial charge in [0.2, 0.25) is 0 Å². The van der Waals surface area contributed by atoms with Gasteiger partial charge in [0.15, 0.2) is 11.5 Å². The average molecular weight is 719 g/mol. The Balaban J connectivity index is 1.27. The summed E-state index contributed by atoms with van der Waals surface area (Å²) in [5.74, 6) is 0.00964. The smallest absolute Gasteiger partial charge is 0.387 e. The summed E-state index contributed by atoms with van der Waals surface area (Å²) in [5.41, 5.74) is 7.44. The number of carbonyl (C=O) groups excluding carboxylic acids is 2. The number of esters is 1. The van der Waals surface area contributed by atoms with E-state index in [1.54, 1.807) is 6.07 Å². The van der Waals surface area contributed by atoms with E-state index in [9.17, 15) is 18.4 Å². The van der Waals surface area contributed by atoms with Gasteiger partial charge in [-0.15, -0.1) is 0 Å². The molecule has 49 heavy (non-hydrogen) atoms. The van der Waals surface area contributed by atoms with Gasteiger partial charge in [-0.1, -0.05) is 29.3 Å². The molecule has 1 amide bonds. The predicted molar refractivity (Wildman–Crippen MR) is 180 cm³/mol. The van der Waals surface area contributed by atoms with E-state index in [1.165, 1.54) is 42.7 Å². The van der Waals surface area contributed by atoms with E-state index >= 15 is 0 Å². The summed E-state index contributed by atoms with van der Waals surface area (Å²) < 4.78 is 49.2. The van der Waals surface area contributed by atoms with E-state index in [0.717, 1.165) is 51.4 Å². The summed E-state index contributed by atoms with van der Waals surface area (Å²) in [4.78, 5) is 31.2. The molecule has 262 valence electrons. The molecular weight excluding hydrogens is 679 g/mol.